The fraction of sp³-hybridized carbons (Fsp3) is 0.560. The number of ether oxygens (including phenoxy) is 1. The van der Waals surface area contributed by atoms with Gasteiger partial charge in [0.25, 0.3) is 0 Å². The summed E-state index contributed by atoms with van der Waals surface area (Å²) in [5.41, 5.74) is 1.41. The molecule has 4 fully saturated rings. The van der Waals surface area contributed by atoms with Crippen LogP contribution in [0.3, 0.4) is 0 Å². The summed E-state index contributed by atoms with van der Waals surface area (Å²) in [6.45, 7) is 6.58. The van der Waals surface area contributed by atoms with Gasteiger partial charge in [0.15, 0.2) is 5.65 Å². The van der Waals surface area contributed by atoms with Gasteiger partial charge in [-0.1, -0.05) is 0 Å². The van der Waals surface area contributed by atoms with Crippen molar-refractivity contribution in [2.75, 3.05) is 18.0 Å². The number of rotatable bonds is 3. The second-order valence-corrected chi connectivity index (χ2v) is 10.8. The van der Waals surface area contributed by atoms with Gasteiger partial charge in [-0.2, -0.15) is 18.2 Å². The Balaban J connectivity index is 1.40. The summed E-state index contributed by atoms with van der Waals surface area (Å²) in [6.07, 6.45) is -2.83. The quantitative estimate of drug-likeness (QED) is 0.542. The molecule has 4 heterocycles. The molecule has 4 aliphatic rings. The third kappa shape index (κ3) is 3.35. The van der Waals surface area contributed by atoms with E-state index in [1.54, 1.807) is 19.3 Å². The molecule has 0 aromatic carbocycles. The second kappa shape index (κ2) is 7.47. The number of pyridine rings is 1. The molecule has 0 radical (unpaired) electrons. The fourth-order valence-electron chi connectivity index (χ4n) is 6.06. The van der Waals surface area contributed by atoms with Gasteiger partial charge >= 0.3 is 6.18 Å². The van der Waals surface area contributed by atoms with E-state index in [-0.39, 0.29) is 37.0 Å². The maximum absolute atomic E-state index is 13.6. The number of morpholine rings is 1. The van der Waals surface area contributed by atoms with Crippen molar-refractivity contribution < 1.29 is 17.9 Å². The molecule has 2 atom stereocenters. The average Bonchev–Trinajstić information content (AvgIpc) is 2.73. The molecule has 8 nitrogen and oxygen atoms in total. The monoisotopic (exact) mass is 500 g/mol. The van der Waals surface area contributed by atoms with Gasteiger partial charge in [0.1, 0.15) is 11.6 Å². The molecule has 0 spiro atoms. The van der Waals surface area contributed by atoms with Gasteiger partial charge in [0, 0.05) is 31.3 Å². The fourth-order valence-corrected chi connectivity index (χ4v) is 6.06. The Morgan fingerprint density at radius 2 is 1.72 bits per heavy atom. The lowest BCUT2D eigenvalue weighted by Gasteiger charge is -2.70. The molecule has 0 N–H and O–H groups in total. The standard InChI is InChI=1S/C25H27F3N6O2/c1-13-7-34(9-17(36-13)16-5-6-18(35)33(4)8-16)22-31-20(19-21(32-22)30-15(3)14(2)29-19)23-10-24(11-23,12-23)25(26,27)28/h5-6,8,13,17H,7,9-12H2,1-4H3. The number of fused-ring (bicyclic) bond motifs is 1. The van der Waals surface area contributed by atoms with Crippen molar-refractivity contribution in [1.29, 1.82) is 0 Å². The first-order valence-corrected chi connectivity index (χ1v) is 12.1. The number of aromatic nitrogens is 5. The number of nitrogens with zero attached hydrogens (tertiary/aromatic N) is 6. The van der Waals surface area contributed by atoms with Crippen LogP contribution in [0.4, 0.5) is 19.1 Å². The molecule has 1 aliphatic heterocycles. The number of hydrogen-bond donors (Lipinski definition) is 0. The number of aryl methyl sites for hydroxylation is 3. The Labute approximate surface area is 205 Å². The predicted molar refractivity (Wildman–Crippen MR) is 126 cm³/mol. The van der Waals surface area contributed by atoms with Gasteiger partial charge in [-0.25, -0.2) is 15.0 Å². The number of hydrogen-bond acceptors (Lipinski definition) is 7. The molecule has 3 aromatic rings. The van der Waals surface area contributed by atoms with E-state index in [9.17, 15) is 18.0 Å². The van der Waals surface area contributed by atoms with Crippen molar-refractivity contribution in [1.82, 2.24) is 24.5 Å². The molecular weight excluding hydrogens is 473 g/mol. The molecule has 2 bridgehead atoms. The molecule has 7 rings (SSSR count). The Morgan fingerprint density at radius 1 is 1.03 bits per heavy atom. The van der Waals surface area contributed by atoms with E-state index in [0.717, 1.165) is 11.3 Å². The van der Waals surface area contributed by atoms with Crippen molar-refractivity contribution in [3.8, 4) is 0 Å². The molecule has 1 saturated heterocycles. The van der Waals surface area contributed by atoms with Crippen LogP contribution in [0.15, 0.2) is 23.1 Å². The first-order valence-electron chi connectivity index (χ1n) is 12.1. The summed E-state index contributed by atoms with van der Waals surface area (Å²) in [6, 6.07) is 3.26. The van der Waals surface area contributed by atoms with E-state index in [2.05, 4.69) is 9.97 Å². The molecule has 190 valence electrons. The van der Waals surface area contributed by atoms with Gasteiger partial charge in [-0.3, -0.25) is 4.79 Å². The largest absolute Gasteiger partial charge is 0.394 e. The summed E-state index contributed by atoms with van der Waals surface area (Å²) in [4.78, 5) is 32.7. The number of halogens is 3. The normalized spacial score (nSPS) is 29.7. The minimum absolute atomic E-state index is 0.0316. The first-order chi connectivity index (χ1) is 16.9. The maximum atomic E-state index is 13.6. The zero-order valence-corrected chi connectivity index (χ0v) is 20.6. The van der Waals surface area contributed by atoms with E-state index in [1.807, 2.05) is 25.7 Å². The minimum Gasteiger partial charge on any atom is -0.367 e. The summed E-state index contributed by atoms with van der Waals surface area (Å²) >= 11 is 0. The van der Waals surface area contributed by atoms with Crippen LogP contribution >= 0.6 is 0 Å². The van der Waals surface area contributed by atoms with Gasteiger partial charge in [-0.15, -0.1) is 0 Å². The van der Waals surface area contributed by atoms with E-state index in [0.29, 0.717) is 41.6 Å². The lowest BCUT2D eigenvalue weighted by molar-refractivity contribution is -0.337. The van der Waals surface area contributed by atoms with E-state index in [4.69, 9.17) is 14.7 Å². The highest BCUT2D eigenvalue weighted by atomic mass is 19.4. The zero-order valence-electron chi connectivity index (χ0n) is 20.6. The van der Waals surface area contributed by atoms with Crippen LogP contribution in [0.25, 0.3) is 11.2 Å². The first kappa shape index (κ1) is 23.3. The minimum atomic E-state index is -4.21. The lowest BCUT2D eigenvalue weighted by Crippen LogP contribution is -2.70. The maximum Gasteiger partial charge on any atom is 0.394 e. The van der Waals surface area contributed by atoms with E-state index in [1.165, 1.54) is 10.6 Å². The van der Waals surface area contributed by atoms with Crippen molar-refractivity contribution in [2.45, 2.75) is 63.8 Å². The molecule has 36 heavy (non-hydrogen) atoms. The highest BCUT2D eigenvalue weighted by Crippen LogP contribution is 2.78. The molecule has 3 aromatic heterocycles. The second-order valence-electron chi connectivity index (χ2n) is 10.8. The predicted octanol–water partition coefficient (Wildman–Crippen LogP) is 3.69. The Bertz CT molecular complexity index is 1430. The molecule has 3 saturated carbocycles. The molecule has 3 aliphatic carbocycles. The highest BCUT2D eigenvalue weighted by molar-refractivity contribution is 5.77. The van der Waals surface area contributed by atoms with Crippen LogP contribution in [-0.2, 0) is 17.2 Å². The molecule has 2 unspecified atom stereocenters. The van der Waals surface area contributed by atoms with Gasteiger partial charge in [-0.05, 0) is 51.7 Å². The third-order valence-electron chi connectivity index (χ3n) is 8.09. The van der Waals surface area contributed by atoms with Crippen molar-refractivity contribution in [3.63, 3.8) is 0 Å². The van der Waals surface area contributed by atoms with Crippen molar-refractivity contribution in [3.05, 3.63) is 51.3 Å². The highest BCUT2D eigenvalue weighted by Gasteiger charge is 2.79. The Hall–Kier alpha value is -3.08. The van der Waals surface area contributed by atoms with Crippen LogP contribution < -0.4 is 10.5 Å². The lowest BCUT2D eigenvalue weighted by atomic mass is 9.34. The van der Waals surface area contributed by atoms with Crippen molar-refractivity contribution in [2.24, 2.45) is 12.5 Å². The van der Waals surface area contributed by atoms with E-state index < -0.39 is 17.0 Å². The topological polar surface area (TPSA) is 86.0 Å². The number of alkyl halides is 3. The summed E-state index contributed by atoms with van der Waals surface area (Å²) in [5, 5.41) is 0. The third-order valence-corrected chi connectivity index (χ3v) is 8.09. The van der Waals surface area contributed by atoms with Crippen LogP contribution in [0.5, 0.6) is 0 Å². The molecule has 0 amide bonds. The molecular formula is C25H27F3N6O2. The van der Waals surface area contributed by atoms with Crippen molar-refractivity contribution >= 4 is 17.1 Å². The summed E-state index contributed by atoms with van der Waals surface area (Å²) in [7, 11) is 1.69. The smallest absolute Gasteiger partial charge is 0.367 e. The van der Waals surface area contributed by atoms with Crippen LogP contribution in [0, 0.1) is 19.3 Å². The zero-order chi connectivity index (χ0) is 25.6. The van der Waals surface area contributed by atoms with Gasteiger partial charge in [0.2, 0.25) is 11.5 Å². The Kier molecular flexibility index (Phi) is 4.84. The van der Waals surface area contributed by atoms with Crippen LogP contribution in [-0.4, -0.2) is 49.9 Å². The van der Waals surface area contributed by atoms with Crippen LogP contribution in [0.2, 0.25) is 0 Å². The van der Waals surface area contributed by atoms with Gasteiger partial charge < -0.3 is 14.2 Å². The van der Waals surface area contributed by atoms with Gasteiger partial charge in [0.05, 0.1) is 35.1 Å². The molecule has 11 heteroatoms. The average molecular weight is 501 g/mol. The van der Waals surface area contributed by atoms with E-state index >= 15 is 0 Å². The number of anilines is 1. The summed E-state index contributed by atoms with van der Waals surface area (Å²) in [5.74, 6) is 0.422. The summed E-state index contributed by atoms with van der Waals surface area (Å²) < 4.78 is 48.5. The van der Waals surface area contributed by atoms with Crippen LogP contribution in [0.1, 0.15) is 54.9 Å². The Morgan fingerprint density at radius 3 is 2.39 bits per heavy atom. The SMILES string of the molecule is Cc1nc2nc(N3CC(C)OC(c4ccc(=O)n(C)c4)C3)nc(C34CC(C(F)(F)F)(C3)C4)c2nc1C.